The number of sulfonamides is 1. The van der Waals surface area contributed by atoms with Crippen LogP contribution in [0.2, 0.25) is 5.02 Å². The third-order valence-corrected chi connectivity index (χ3v) is 7.11. The molecule has 2 N–H and O–H groups in total. The Hall–Kier alpha value is -3.40. The van der Waals surface area contributed by atoms with Crippen LogP contribution in [0, 0.1) is 0 Å². The highest BCUT2D eigenvalue weighted by Crippen LogP contribution is 2.30. The van der Waals surface area contributed by atoms with Gasteiger partial charge in [-0.25, -0.2) is 13.4 Å². The molecule has 3 aromatic carbocycles. The van der Waals surface area contributed by atoms with Crippen molar-refractivity contribution in [2.75, 3.05) is 17.1 Å². The summed E-state index contributed by atoms with van der Waals surface area (Å²) in [6.45, 7) is 0. The highest BCUT2D eigenvalue weighted by Gasteiger charge is 2.21. The molecule has 33 heavy (non-hydrogen) atoms. The van der Waals surface area contributed by atoms with Crippen LogP contribution >= 0.6 is 22.9 Å². The lowest BCUT2D eigenvalue weighted by Crippen LogP contribution is -2.16. The van der Waals surface area contributed by atoms with Gasteiger partial charge in [-0.3, -0.25) is 9.52 Å². The number of carbonyl (C=O) groups is 1. The summed E-state index contributed by atoms with van der Waals surface area (Å²) in [4.78, 5) is 17.0. The quantitative estimate of drug-likeness (QED) is 0.348. The molecule has 168 valence electrons. The smallest absolute Gasteiger partial charge is 0.275 e. The molecule has 0 saturated carbocycles. The van der Waals surface area contributed by atoms with Crippen LogP contribution in [0.4, 0.5) is 11.4 Å². The fraction of sp³-hybridized carbons (Fsp3) is 0.0435. The number of hydrogen-bond donors (Lipinski definition) is 2. The van der Waals surface area contributed by atoms with E-state index in [0.717, 1.165) is 5.56 Å². The van der Waals surface area contributed by atoms with Crippen LogP contribution in [-0.4, -0.2) is 26.4 Å². The SMILES string of the molecule is COc1ccc(NC(=O)c2csc(-c3ccccc3)n2)cc1S(=O)(=O)Nc1ccc(Cl)cc1. The van der Waals surface area contributed by atoms with Gasteiger partial charge in [-0.1, -0.05) is 41.9 Å². The van der Waals surface area contributed by atoms with Crippen molar-refractivity contribution in [1.82, 2.24) is 4.98 Å². The second-order valence-electron chi connectivity index (χ2n) is 6.84. The number of benzene rings is 3. The molecular weight excluding hydrogens is 482 g/mol. The fourth-order valence-electron chi connectivity index (χ4n) is 2.98. The first kappa shape index (κ1) is 22.8. The Balaban J connectivity index is 1.57. The molecule has 0 radical (unpaired) electrons. The molecule has 0 aliphatic heterocycles. The Morgan fingerprint density at radius 2 is 1.70 bits per heavy atom. The Labute approximate surface area is 200 Å². The number of halogens is 1. The van der Waals surface area contributed by atoms with Gasteiger partial charge in [0.05, 0.1) is 7.11 Å². The minimum atomic E-state index is -4.01. The van der Waals surface area contributed by atoms with E-state index in [1.54, 1.807) is 35.7 Å². The number of anilines is 2. The molecule has 1 aromatic heterocycles. The number of hydrogen-bond acceptors (Lipinski definition) is 6. The minimum absolute atomic E-state index is 0.124. The predicted molar refractivity (Wildman–Crippen MR) is 131 cm³/mol. The molecule has 0 aliphatic rings. The van der Waals surface area contributed by atoms with E-state index in [2.05, 4.69) is 15.0 Å². The molecule has 0 fully saturated rings. The van der Waals surface area contributed by atoms with E-state index in [0.29, 0.717) is 15.7 Å². The summed E-state index contributed by atoms with van der Waals surface area (Å²) < 4.78 is 33.7. The number of rotatable bonds is 7. The highest BCUT2D eigenvalue weighted by atomic mass is 35.5. The number of methoxy groups -OCH3 is 1. The normalized spacial score (nSPS) is 11.1. The van der Waals surface area contributed by atoms with Crippen molar-refractivity contribution < 1.29 is 17.9 Å². The van der Waals surface area contributed by atoms with Crippen molar-refractivity contribution in [3.05, 3.63) is 88.9 Å². The standard InChI is InChI=1S/C23H18ClN3O4S2/c1-31-20-12-11-18(13-21(20)33(29,30)27-17-9-7-16(24)8-10-17)25-22(28)19-14-32-23(26-19)15-5-3-2-4-6-15/h2-14,27H,1H3,(H,25,28). The lowest BCUT2D eigenvalue weighted by atomic mass is 10.2. The number of aromatic nitrogens is 1. The van der Waals surface area contributed by atoms with Gasteiger partial charge in [0.15, 0.2) is 0 Å². The van der Waals surface area contributed by atoms with Crippen molar-refractivity contribution >= 4 is 50.2 Å². The fourth-order valence-corrected chi connectivity index (χ4v) is 5.17. The third-order valence-electron chi connectivity index (χ3n) is 4.57. The van der Waals surface area contributed by atoms with Gasteiger partial charge in [0.25, 0.3) is 15.9 Å². The average molecular weight is 500 g/mol. The monoisotopic (exact) mass is 499 g/mol. The van der Waals surface area contributed by atoms with Crippen molar-refractivity contribution in [3.63, 3.8) is 0 Å². The van der Waals surface area contributed by atoms with E-state index in [-0.39, 0.29) is 22.0 Å². The van der Waals surface area contributed by atoms with Gasteiger partial charge >= 0.3 is 0 Å². The van der Waals surface area contributed by atoms with Crippen molar-refractivity contribution in [1.29, 1.82) is 0 Å². The van der Waals surface area contributed by atoms with E-state index < -0.39 is 15.9 Å². The van der Waals surface area contributed by atoms with Gasteiger partial charge in [-0.15, -0.1) is 11.3 Å². The molecule has 10 heteroatoms. The van der Waals surface area contributed by atoms with Crippen LogP contribution in [0.15, 0.2) is 83.1 Å². The topological polar surface area (TPSA) is 97.4 Å². The minimum Gasteiger partial charge on any atom is -0.495 e. The summed E-state index contributed by atoms with van der Waals surface area (Å²) in [5.74, 6) is -0.318. The van der Waals surface area contributed by atoms with E-state index in [1.807, 2.05) is 30.3 Å². The van der Waals surface area contributed by atoms with E-state index in [9.17, 15) is 13.2 Å². The van der Waals surface area contributed by atoms with Gasteiger partial charge in [0.2, 0.25) is 0 Å². The van der Waals surface area contributed by atoms with Crippen LogP contribution in [0.1, 0.15) is 10.5 Å². The van der Waals surface area contributed by atoms with Crippen LogP contribution in [0.5, 0.6) is 5.75 Å². The van der Waals surface area contributed by atoms with Crippen LogP contribution in [0.25, 0.3) is 10.6 Å². The second-order valence-corrected chi connectivity index (χ2v) is 9.78. The molecule has 0 bridgehead atoms. The summed E-state index contributed by atoms with van der Waals surface area (Å²) in [7, 11) is -2.64. The van der Waals surface area contributed by atoms with Crippen LogP contribution < -0.4 is 14.8 Å². The van der Waals surface area contributed by atoms with Gasteiger partial charge in [-0.2, -0.15) is 0 Å². The molecule has 0 unspecified atom stereocenters. The Morgan fingerprint density at radius 3 is 2.39 bits per heavy atom. The highest BCUT2D eigenvalue weighted by molar-refractivity contribution is 7.92. The molecule has 0 saturated heterocycles. The number of carbonyl (C=O) groups excluding carboxylic acids is 1. The number of thiazole rings is 1. The summed E-state index contributed by atoms with van der Waals surface area (Å²) in [6, 6.07) is 20.1. The summed E-state index contributed by atoms with van der Waals surface area (Å²) in [5, 5.41) is 5.55. The van der Waals surface area contributed by atoms with Crippen molar-refractivity contribution in [2.45, 2.75) is 4.90 Å². The molecule has 0 atom stereocenters. The number of nitrogens with zero attached hydrogens (tertiary/aromatic N) is 1. The lowest BCUT2D eigenvalue weighted by Gasteiger charge is -2.13. The van der Waals surface area contributed by atoms with E-state index in [4.69, 9.17) is 16.3 Å². The van der Waals surface area contributed by atoms with Gasteiger partial charge in [0.1, 0.15) is 21.3 Å². The maximum Gasteiger partial charge on any atom is 0.275 e. The molecular formula is C23H18ClN3O4S2. The largest absolute Gasteiger partial charge is 0.495 e. The number of amides is 1. The van der Waals surface area contributed by atoms with Gasteiger partial charge in [-0.05, 0) is 42.5 Å². The summed E-state index contributed by atoms with van der Waals surface area (Å²) >= 11 is 7.21. The summed E-state index contributed by atoms with van der Waals surface area (Å²) in [5.41, 5.74) is 1.77. The van der Waals surface area contributed by atoms with Gasteiger partial charge < -0.3 is 10.1 Å². The average Bonchev–Trinajstić information content (AvgIpc) is 3.32. The molecule has 0 aliphatic carbocycles. The van der Waals surface area contributed by atoms with Gasteiger partial charge in [0, 0.05) is 27.3 Å². The van der Waals surface area contributed by atoms with Crippen molar-refractivity contribution in [3.8, 4) is 16.3 Å². The number of ether oxygens (including phenoxy) is 1. The Bertz CT molecular complexity index is 1390. The molecule has 4 aromatic rings. The maximum absolute atomic E-state index is 13.0. The number of nitrogens with one attached hydrogen (secondary N) is 2. The first-order valence-electron chi connectivity index (χ1n) is 9.64. The lowest BCUT2D eigenvalue weighted by molar-refractivity contribution is 0.102. The third kappa shape index (κ3) is 5.33. The molecule has 1 amide bonds. The van der Waals surface area contributed by atoms with Crippen molar-refractivity contribution in [2.24, 2.45) is 0 Å². The zero-order chi connectivity index (χ0) is 23.4. The maximum atomic E-state index is 13.0. The van der Waals surface area contributed by atoms with Crippen LogP contribution in [0.3, 0.4) is 0 Å². The first-order chi connectivity index (χ1) is 15.9. The molecule has 0 spiro atoms. The second kappa shape index (κ2) is 9.62. The zero-order valence-electron chi connectivity index (χ0n) is 17.3. The molecule has 7 nitrogen and oxygen atoms in total. The van der Waals surface area contributed by atoms with Crippen LogP contribution in [-0.2, 0) is 10.0 Å². The first-order valence-corrected chi connectivity index (χ1v) is 12.4. The summed E-state index contributed by atoms with van der Waals surface area (Å²) in [6.07, 6.45) is 0. The Kier molecular flexibility index (Phi) is 6.64. The van der Waals surface area contributed by atoms with E-state index in [1.165, 1.54) is 30.6 Å². The zero-order valence-corrected chi connectivity index (χ0v) is 19.7. The predicted octanol–water partition coefficient (Wildman–Crippen LogP) is 5.53. The van der Waals surface area contributed by atoms with E-state index >= 15 is 0 Å². The Morgan fingerprint density at radius 1 is 1.00 bits per heavy atom. The molecule has 4 rings (SSSR count). The molecule has 1 heterocycles.